The molecule has 600 valence electrons. The van der Waals surface area contributed by atoms with E-state index in [9.17, 15) is 63.4 Å². The number of phosphoric acid groups is 1. The zero-order chi connectivity index (χ0) is 80.3. The number of primary amides is 6. The van der Waals surface area contributed by atoms with Crippen molar-refractivity contribution in [1.29, 1.82) is 0 Å². The van der Waals surface area contributed by atoms with E-state index in [1.54, 1.807) is 6.92 Å². The van der Waals surface area contributed by atoms with Crippen molar-refractivity contribution in [2.45, 2.75) is 220 Å². The summed E-state index contributed by atoms with van der Waals surface area (Å²) in [6.07, 6.45) is -5.18. The Bertz CT molecular complexity index is 4540. The Hall–Kier alpha value is -8.26. The number of aromatic nitrogens is 6. The molecule has 3 aromatic heterocycles. The van der Waals surface area contributed by atoms with Crippen molar-refractivity contribution in [3.05, 3.63) is 88.8 Å². The number of hydrogen-bond donors (Lipinski definition) is 12. The number of carbonyl (C=O) groups is 7. The largest absolute Gasteiger partial charge is 3.00 e. The number of aliphatic imine (C=N–C) groups is 3. The Morgan fingerprint density at radius 1 is 0.745 bits per heavy atom. The van der Waals surface area contributed by atoms with Gasteiger partial charge in [-0.1, -0.05) is 34.6 Å². The Labute approximate surface area is 646 Å². The molecule has 3 fully saturated rings. The minimum atomic E-state index is -5.31. The molecule has 4 aromatic rings. The molecule has 7 aliphatic rings. The number of aliphatic hydroxyl groups is 4. The van der Waals surface area contributed by atoms with Crippen LogP contribution in [0.15, 0.2) is 80.4 Å². The first kappa shape index (κ1) is 85.7. The van der Waals surface area contributed by atoms with E-state index in [0.29, 0.717) is 67.6 Å². The van der Waals surface area contributed by atoms with Gasteiger partial charge in [-0.05, 0) is 132 Å². The minimum absolute atomic E-state index is 0. The smallest absolute Gasteiger partial charge is 0.756 e. The average Bonchev–Trinajstić information content (AvgIpc) is 1.55. The van der Waals surface area contributed by atoms with Crippen LogP contribution in [0.4, 0.5) is 5.82 Å². The molecule has 11 rings (SSSR count). The molecule has 10 heterocycles. The molecule has 1 unspecified atom stereocenters. The molecule has 1 aromatic carbocycles. The number of phosphoric ester groups is 1. The van der Waals surface area contributed by atoms with Crippen LogP contribution in [0, 0.1) is 66.1 Å². The van der Waals surface area contributed by atoms with Crippen molar-refractivity contribution in [1.82, 2.24) is 34.4 Å². The number of aliphatic hydroxyl groups excluding tert-OH is 4. The summed E-state index contributed by atoms with van der Waals surface area (Å²) < 4.78 is 38.8. The third kappa shape index (κ3) is 16.8. The van der Waals surface area contributed by atoms with E-state index in [2.05, 4.69) is 32.2 Å². The van der Waals surface area contributed by atoms with Crippen molar-refractivity contribution in [2.24, 2.45) is 94.7 Å². The normalized spacial score (nSPS) is 33.5. The number of fused-ring (bicyclic) bond motifs is 7. The van der Waals surface area contributed by atoms with Crippen molar-refractivity contribution in [3.8, 4) is 0 Å². The second kappa shape index (κ2) is 32.8. The zero-order valence-electron chi connectivity index (χ0n) is 63.5. The SMILES string of the molecule is C/C1=C2/[N-][C@@H](C[C@]3(C)N=C(/C(C)=C4N=C(/C=C5N=C1[C@H](CCC(N)=O)C\5(C)C)[C@@H](CCC(N)=O)[C@]\4(C)CC(N)=O)[C@@H](CCC(N)=O)[C@]3(C)CC(N)=O)[C@H](CC(N)=O)[C@@]2(C)CCC(=O)NC[C@@H](C)OP(=O)([O-])O[C@H]1[C@@H](O)[C@@H](n2cnc3cc(C)c(C)cc32)O[C@@H]1CO.[CH2-][C@H]1O[C@@H](n2cnc3c(N)ncnc32)[C@H](O)[C@@H]1O.[Co+3]. The number of ether oxygens (including phenoxy) is 2. The quantitative estimate of drug-likeness (QED) is 0.0301. The summed E-state index contributed by atoms with van der Waals surface area (Å²) in [5.41, 5.74) is 43.9. The van der Waals surface area contributed by atoms with E-state index < -0.39 is 168 Å². The third-order valence-corrected chi connectivity index (χ3v) is 24.8. The van der Waals surface area contributed by atoms with Crippen LogP contribution in [0.3, 0.4) is 0 Å². The Morgan fingerprint density at radius 2 is 1.35 bits per heavy atom. The summed E-state index contributed by atoms with van der Waals surface area (Å²) in [5.74, 6) is -6.71. The predicted molar refractivity (Wildman–Crippen MR) is 397 cm³/mol. The number of carbonyl (C=O) groups excluding carboxylic acids is 7. The number of amides is 7. The van der Waals surface area contributed by atoms with Crippen molar-refractivity contribution in [2.75, 3.05) is 18.9 Å². The first-order valence-electron chi connectivity index (χ1n) is 36.3. The van der Waals surface area contributed by atoms with Gasteiger partial charge in [0.2, 0.25) is 41.4 Å². The molecule has 3 saturated heterocycles. The fourth-order valence-electron chi connectivity index (χ4n) is 17.5. The molecular formula is C73H102CoN18O17P. The van der Waals surface area contributed by atoms with Crippen molar-refractivity contribution in [3.63, 3.8) is 0 Å². The van der Waals surface area contributed by atoms with E-state index >= 15 is 0 Å². The van der Waals surface area contributed by atoms with Gasteiger partial charge in [-0.3, -0.25) is 57.7 Å². The van der Waals surface area contributed by atoms with E-state index in [1.165, 1.54) is 35.0 Å². The maximum atomic E-state index is 14.3. The molecule has 0 aliphatic carbocycles. The number of hydrogen-bond acceptors (Lipinski definition) is 25. The minimum Gasteiger partial charge on any atom is -0.756 e. The molecule has 8 bridgehead atoms. The molecule has 19 N–H and O–H groups in total. The van der Waals surface area contributed by atoms with Gasteiger partial charge in [-0.2, -0.15) is 5.70 Å². The fraction of sp³-hybridized carbons (Fsp3) is 0.603. The number of imidazole rings is 2. The van der Waals surface area contributed by atoms with Crippen LogP contribution in [0.1, 0.15) is 163 Å². The first-order chi connectivity index (χ1) is 50.9. The molecule has 7 amide bonds. The number of nitrogens with one attached hydrogen (secondary N) is 1. The van der Waals surface area contributed by atoms with Gasteiger partial charge in [0.1, 0.15) is 36.3 Å². The number of allylic oxidation sites excluding steroid dienone is 6. The Kier molecular flexibility index (Phi) is 25.6. The first-order valence-corrected chi connectivity index (χ1v) is 37.8. The molecule has 0 spiro atoms. The van der Waals surface area contributed by atoms with E-state index in [4.69, 9.17) is 79.0 Å². The number of rotatable bonds is 27. The van der Waals surface area contributed by atoms with Crippen LogP contribution < -0.4 is 50.3 Å². The summed E-state index contributed by atoms with van der Waals surface area (Å²) in [6, 6.07) is 2.89. The maximum absolute atomic E-state index is 14.3. The van der Waals surface area contributed by atoms with Gasteiger partial charge in [0, 0.05) is 108 Å². The van der Waals surface area contributed by atoms with Crippen molar-refractivity contribution >= 4 is 94.3 Å². The molecule has 35 nitrogen and oxygen atoms in total. The number of nitrogens with two attached hydrogens (primary N) is 7. The third-order valence-electron chi connectivity index (χ3n) is 23.7. The summed E-state index contributed by atoms with van der Waals surface area (Å²) in [6.45, 7) is 22.8. The second-order valence-corrected chi connectivity index (χ2v) is 32.9. The molecule has 110 heavy (non-hydrogen) atoms. The van der Waals surface area contributed by atoms with Crippen LogP contribution >= 0.6 is 7.82 Å². The van der Waals surface area contributed by atoms with Gasteiger partial charge in [-0.25, -0.2) is 19.9 Å². The van der Waals surface area contributed by atoms with E-state index in [-0.39, 0.29) is 106 Å². The standard InChI is InChI=1S/C63H92N13O14P.C10H12N5O3.Co/c1-30-20-40-42(21-31(30)2)76(29-71-40)58-54(85)55(43(28-77)88-58)90-91(86,87)89-32(3)27-70-51(84)18-19-60(8)38(22-48(67)81)41-24-63(11)62(10,26-50(69)83)37(14-17-47(66)80)53(75-63)34(5)57-61(9,25-49(68)82)35(12-15-45(64)78)39(72-57)23-44-59(6,7)36(13-16-46(65)79)52(74-44)33(4)56(60)73-41;1-4-6(16)7(17)10(18-4)15-3-14-5-8(11)12-2-13-9(5)15;/h20-21,23,29,32,35-38,41,43,54-55,58,77,85H,12-19,22,24-28H2,1-11H3,(H15,64,65,66,67,68,69,70,72,73,74,75,78,79,80,81,82,83,84,86,87);2-4,6-7,10,16-17H,1H2,(H2,11,12,13);/q;-1;+3/p-2/t32-,35-,36+,37-,38+,41+,43-,54-,55-,58+,60-,61+,62+,63+;4-,6-,7-,10-;/m11./s1. The number of anilines is 1. The monoisotopic (exact) mass is 1590 g/mol. The van der Waals surface area contributed by atoms with Crippen LogP contribution in [0.25, 0.3) is 27.5 Å². The fourth-order valence-corrected chi connectivity index (χ4v) is 18.6. The van der Waals surface area contributed by atoms with Crippen LogP contribution in [-0.2, 0) is 73.4 Å². The van der Waals surface area contributed by atoms with Gasteiger partial charge in [0.05, 0.1) is 53.7 Å². The molecule has 0 saturated carbocycles. The van der Waals surface area contributed by atoms with Gasteiger partial charge < -0.3 is 106 Å². The second-order valence-electron chi connectivity index (χ2n) is 31.6. The topological polar surface area (TPSA) is 584 Å². The molecular weight excluding hydrogens is 1490 g/mol. The van der Waals surface area contributed by atoms with Crippen LogP contribution in [0.2, 0.25) is 0 Å². The predicted octanol–water partition coefficient (Wildman–Crippen LogP) is 2.56. The van der Waals surface area contributed by atoms with E-state index in [0.717, 1.165) is 11.1 Å². The summed E-state index contributed by atoms with van der Waals surface area (Å²) in [7, 11) is -5.31. The molecule has 37 heteroatoms. The summed E-state index contributed by atoms with van der Waals surface area (Å²) >= 11 is 0. The Balaban J connectivity index is 0.000000634. The number of nitrogen functional groups attached to an aromatic ring is 1. The van der Waals surface area contributed by atoms with E-state index in [1.807, 2.05) is 80.5 Å². The summed E-state index contributed by atoms with van der Waals surface area (Å²) in [5, 5.41) is 49.6. The Morgan fingerprint density at radius 3 is 1.95 bits per heavy atom. The number of aryl methyl sites for hydroxylation is 2. The zero-order valence-corrected chi connectivity index (χ0v) is 65.5. The number of nitrogens with zero attached hydrogens (tertiary/aromatic N) is 10. The molecule has 19 atom stereocenters. The van der Waals surface area contributed by atoms with Gasteiger partial charge in [-0.15, -0.1) is 6.04 Å². The molecule has 7 aliphatic heterocycles. The van der Waals surface area contributed by atoms with Crippen molar-refractivity contribution < 1.29 is 98.7 Å². The van der Waals surface area contributed by atoms with Crippen LogP contribution in [-0.4, -0.2) is 175 Å². The summed E-state index contributed by atoms with van der Waals surface area (Å²) in [4.78, 5) is 139. The van der Waals surface area contributed by atoms with Crippen LogP contribution in [0.5, 0.6) is 0 Å². The maximum Gasteiger partial charge on any atom is 3.00 e. The molecule has 0 radical (unpaired) electrons. The van der Waals surface area contributed by atoms with Gasteiger partial charge >= 0.3 is 16.8 Å². The van der Waals surface area contributed by atoms with Gasteiger partial charge in [0.15, 0.2) is 23.9 Å². The average molecular weight is 1590 g/mol. The van der Waals surface area contributed by atoms with Gasteiger partial charge in [0.25, 0.3) is 7.82 Å². The number of benzene rings is 1.